The summed E-state index contributed by atoms with van der Waals surface area (Å²) in [6, 6.07) is 0.962. The summed E-state index contributed by atoms with van der Waals surface area (Å²) >= 11 is 0. The van der Waals surface area contributed by atoms with Crippen LogP contribution in [0.25, 0.3) is 5.57 Å². The average molecular weight is 482 g/mol. The van der Waals surface area contributed by atoms with Gasteiger partial charge in [0, 0.05) is 31.5 Å². The Hall–Kier alpha value is -2.58. The molecule has 9 heteroatoms. The molecule has 6 nitrogen and oxygen atoms in total. The number of hydrogen-bond donors (Lipinski definition) is 1. The van der Waals surface area contributed by atoms with Gasteiger partial charge in [-0.3, -0.25) is 9.78 Å². The van der Waals surface area contributed by atoms with E-state index in [-0.39, 0.29) is 17.9 Å². The molecule has 0 saturated heterocycles. The Balaban J connectivity index is 1.69. The second-order valence-corrected chi connectivity index (χ2v) is 10.6. The van der Waals surface area contributed by atoms with Gasteiger partial charge in [-0.1, -0.05) is 19.9 Å². The van der Waals surface area contributed by atoms with Crippen molar-refractivity contribution in [2.75, 3.05) is 13.1 Å². The number of carbonyl (C=O) groups excluding carboxylic acids is 2. The number of alkyl carbamates (subject to hydrolysis) is 1. The molecule has 2 heterocycles. The molecule has 1 aromatic rings. The summed E-state index contributed by atoms with van der Waals surface area (Å²) in [4.78, 5) is 31.4. The lowest BCUT2D eigenvalue weighted by atomic mass is 9.74. The topological polar surface area (TPSA) is 71.5 Å². The van der Waals surface area contributed by atoms with Crippen LogP contribution in [-0.4, -0.2) is 46.6 Å². The fraction of sp³-hybridized carbons (Fsp3) is 0.640. The summed E-state index contributed by atoms with van der Waals surface area (Å²) in [6.07, 6.45) is 1.48. The van der Waals surface area contributed by atoms with Gasteiger partial charge in [0.25, 0.3) is 0 Å². The minimum absolute atomic E-state index is 0.0356. The standard InChI is InChI=1S/C25H34F3N3O3/c1-16(2)24(9-6-20(13-24)30-22(33)34-23(3,4)5)21(32)31-10-7-17(8-11-31)18-12-19(15-29-14-18)25(26,27)28/h7,12,14-16,20H,6,8-11,13H2,1-5H3,(H,30,33)/t20-,24?/m1/s1. The largest absolute Gasteiger partial charge is 0.444 e. The number of pyridine rings is 1. The number of amides is 2. The minimum Gasteiger partial charge on any atom is -0.444 e. The highest BCUT2D eigenvalue weighted by Crippen LogP contribution is 2.46. The van der Waals surface area contributed by atoms with Crippen molar-refractivity contribution in [1.29, 1.82) is 0 Å². The van der Waals surface area contributed by atoms with E-state index in [1.165, 1.54) is 6.20 Å². The summed E-state index contributed by atoms with van der Waals surface area (Å²) in [5.74, 6) is 0.108. The third-order valence-electron chi connectivity index (χ3n) is 6.73. The van der Waals surface area contributed by atoms with Gasteiger partial charge in [-0.15, -0.1) is 0 Å². The Labute approximate surface area is 198 Å². The van der Waals surface area contributed by atoms with E-state index < -0.39 is 28.8 Å². The van der Waals surface area contributed by atoms with Gasteiger partial charge in [-0.05, 0) is 69.6 Å². The van der Waals surface area contributed by atoms with Crippen molar-refractivity contribution < 1.29 is 27.5 Å². The first-order chi connectivity index (χ1) is 15.7. The molecule has 2 aliphatic rings. The van der Waals surface area contributed by atoms with E-state index in [1.54, 1.807) is 25.7 Å². The molecule has 188 valence electrons. The number of aromatic nitrogens is 1. The summed E-state index contributed by atoms with van der Waals surface area (Å²) < 4.78 is 44.5. The SMILES string of the molecule is CC(C)C1(C(=O)N2CC=C(c3cncc(C(F)(F)F)c3)CC2)CC[C@@H](NC(=O)OC(C)(C)C)C1. The van der Waals surface area contributed by atoms with Crippen LogP contribution in [0.15, 0.2) is 24.5 Å². The number of nitrogens with one attached hydrogen (secondary N) is 1. The summed E-state index contributed by atoms with van der Waals surface area (Å²) in [7, 11) is 0. The maximum Gasteiger partial charge on any atom is 0.417 e. The van der Waals surface area contributed by atoms with Gasteiger partial charge in [0.2, 0.25) is 5.91 Å². The van der Waals surface area contributed by atoms with E-state index in [0.717, 1.165) is 17.8 Å². The van der Waals surface area contributed by atoms with E-state index in [2.05, 4.69) is 10.3 Å². The molecular formula is C25H34F3N3O3. The molecule has 1 unspecified atom stereocenters. The number of hydrogen-bond acceptors (Lipinski definition) is 4. The van der Waals surface area contributed by atoms with Crippen molar-refractivity contribution in [3.8, 4) is 0 Å². The molecule has 1 saturated carbocycles. The quantitative estimate of drug-likeness (QED) is 0.622. The second-order valence-electron chi connectivity index (χ2n) is 10.6. The van der Waals surface area contributed by atoms with E-state index in [0.29, 0.717) is 44.3 Å². The second kappa shape index (κ2) is 9.58. The van der Waals surface area contributed by atoms with Crippen LogP contribution >= 0.6 is 0 Å². The molecule has 1 aliphatic heterocycles. The predicted octanol–water partition coefficient (Wildman–Crippen LogP) is 5.44. The molecule has 2 atom stereocenters. The van der Waals surface area contributed by atoms with Crippen molar-refractivity contribution in [2.24, 2.45) is 11.3 Å². The first-order valence-corrected chi connectivity index (χ1v) is 11.7. The van der Waals surface area contributed by atoms with Crippen LogP contribution in [0.2, 0.25) is 0 Å². The maximum atomic E-state index is 13.6. The van der Waals surface area contributed by atoms with Gasteiger partial charge in [0.15, 0.2) is 0 Å². The first kappa shape index (κ1) is 26.0. The van der Waals surface area contributed by atoms with E-state index in [9.17, 15) is 22.8 Å². The normalized spacial score (nSPS) is 23.6. The molecule has 1 fully saturated rings. The molecule has 0 radical (unpaired) electrons. The molecule has 1 aromatic heterocycles. The van der Waals surface area contributed by atoms with Crippen LogP contribution in [0.1, 0.15) is 71.4 Å². The van der Waals surface area contributed by atoms with Crippen molar-refractivity contribution >= 4 is 17.6 Å². The van der Waals surface area contributed by atoms with Crippen LogP contribution in [0.3, 0.4) is 0 Å². The maximum absolute atomic E-state index is 13.6. The molecule has 1 N–H and O–H groups in total. The fourth-order valence-electron chi connectivity index (χ4n) is 4.84. The van der Waals surface area contributed by atoms with E-state index >= 15 is 0 Å². The van der Waals surface area contributed by atoms with Crippen LogP contribution in [0.5, 0.6) is 0 Å². The Morgan fingerprint density at radius 2 is 1.94 bits per heavy atom. The molecule has 0 bridgehead atoms. The van der Waals surface area contributed by atoms with Crippen LogP contribution in [-0.2, 0) is 15.7 Å². The van der Waals surface area contributed by atoms with Gasteiger partial charge < -0.3 is 15.0 Å². The number of ether oxygens (including phenoxy) is 1. The minimum atomic E-state index is -4.45. The average Bonchev–Trinajstić information content (AvgIpc) is 3.16. The smallest absolute Gasteiger partial charge is 0.417 e. The molecule has 0 spiro atoms. The lowest BCUT2D eigenvalue weighted by Gasteiger charge is -2.39. The third-order valence-corrected chi connectivity index (χ3v) is 6.73. The summed E-state index contributed by atoms with van der Waals surface area (Å²) in [5, 5.41) is 2.91. The number of halogens is 3. The highest BCUT2D eigenvalue weighted by molar-refractivity contribution is 5.85. The Morgan fingerprint density at radius 1 is 1.24 bits per heavy atom. The van der Waals surface area contributed by atoms with Crippen molar-refractivity contribution in [1.82, 2.24) is 15.2 Å². The van der Waals surface area contributed by atoms with Crippen molar-refractivity contribution in [2.45, 2.75) is 78.1 Å². The predicted molar refractivity (Wildman–Crippen MR) is 123 cm³/mol. The zero-order valence-electron chi connectivity index (χ0n) is 20.5. The lowest BCUT2D eigenvalue weighted by molar-refractivity contribution is -0.144. The Bertz CT molecular complexity index is 953. The molecule has 3 rings (SSSR count). The number of rotatable bonds is 4. The number of carbonyl (C=O) groups is 2. The summed E-state index contributed by atoms with van der Waals surface area (Å²) in [6.45, 7) is 10.2. The first-order valence-electron chi connectivity index (χ1n) is 11.7. The third kappa shape index (κ3) is 5.91. The van der Waals surface area contributed by atoms with Crippen molar-refractivity contribution in [3.63, 3.8) is 0 Å². The molecule has 0 aromatic carbocycles. The van der Waals surface area contributed by atoms with E-state index in [4.69, 9.17) is 4.74 Å². The van der Waals surface area contributed by atoms with Crippen LogP contribution in [0, 0.1) is 11.3 Å². The van der Waals surface area contributed by atoms with Crippen LogP contribution < -0.4 is 5.32 Å². The number of nitrogens with zero attached hydrogens (tertiary/aromatic N) is 2. The van der Waals surface area contributed by atoms with Gasteiger partial charge in [-0.25, -0.2) is 4.79 Å². The molecule has 2 amide bonds. The highest BCUT2D eigenvalue weighted by atomic mass is 19.4. The van der Waals surface area contributed by atoms with Gasteiger partial charge >= 0.3 is 12.3 Å². The van der Waals surface area contributed by atoms with E-state index in [1.807, 2.05) is 19.9 Å². The summed E-state index contributed by atoms with van der Waals surface area (Å²) in [5.41, 5.74) is -0.776. The lowest BCUT2D eigenvalue weighted by Crippen LogP contribution is -2.48. The van der Waals surface area contributed by atoms with Gasteiger partial charge in [0.05, 0.1) is 11.0 Å². The molecular weight excluding hydrogens is 447 g/mol. The number of alkyl halides is 3. The van der Waals surface area contributed by atoms with Crippen molar-refractivity contribution in [3.05, 3.63) is 35.7 Å². The fourth-order valence-corrected chi connectivity index (χ4v) is 4.84. The zero-order chi connectivity index (χ0) is 25.3. The Kier molecular flexibility index (Phi) is 7.34. The monoisotopic (exact) mass is 481 g/mol. The Morgan fingerprint density at radius 3 is 2.50 bits per heavy atom. The van der Waals surface area contributed by atoms with Gasteiger partial charge in [0.1, 0.15) is 5.60 Å². The molecule has 34 heavy (non-hydrogen) atoms. The van der Waals surface area contributed by atoms with Crippen LogP contribution in [0.4, 0.5) is 18.0 Å². The zero-order valence-corrected chi connectivity index (χ0v) is 20.5. The highest BCUT2D eigenvalue weighted by Gasteiger charge is 2.49. The van der Waals surface area contributed by atoms with Gasteiger partial charge in [-0.2, -0.15) is 13.2 Å². The molecule has 1 aliphatic carbocycles.